The van der Waals surface area contributed by atoms with E-state index in [1.807, 2.05) is 30.3 Å². The van der Waals surface area contributed by atoms with Gasteiger partial charge in [-0.25, -0.2) is 9.65 Å². The maximum Gasteiger partial charge on any atom is 0.401 e. The third-order valence-corrected chi connectivity index (χ3v) is 2.93. The van der Waals surface area contributed by atoms with Gasteiger partial charge >= 0.3 is 13.7 Å². The minimum Gasteiger partial charge on any atom is -0.480 e. The summed E-state index contributed by atoms with van der Waals surface area (Å²) in [5.74, 6) is -1.37. The Kier molecular flexibility index (Phi) is 6.14. The van der Waals surface area contributed by atoms with Crippen molar-refractivity contribution in [3.8, 4) is 0 Å². The first-order valence-electron chi connectivity index (χ1n) is 5.56. The van der Waals surface area contributed by atoms with Crippen LogP contribution < -0.4 is 5.09 Å². The van der Waals surface area contributed by atoms with Crippen molar-refractivity contribution in [2.75, 3.05) is 13.2 Å². The van der Waals surface area contributed by atoms with E-state index < -0.39 is 19.8 Å². The molecule has 0 bridgehead atoms. The third-order valence-electron chi connectivity index (χ3n) is 2.28. The summed E-state index contributed by atoms with van der Waals surface area (Å²) in [7, 11) is -4.59. The molecule has 0 fully saturated rings. The van der Waals surface area contributed by atoms with E-state index in [0.717, 1.165) is 5.56 Å². The minimum absolute atomic E-state index is 0.274. The molecule has 0 spiro atoms. The lowest BCUT2D eigenvalue weighted by molar-refractivity contribution is -0.140. The Labute approximate surface area is 110 Å². The van der Waals surface area contributed by atoms with E-state index in [4.69, 9.17) is 19.6 Å². The summed E-state index contributed by atoms with van der Waals surface area (Å²) in [6.45, 7) is -0.0378. The van der Waals surface area contributed by atoms with Gasteiger partial charge in [0, 0.05) is 0 Å². The molecule has 1 rings (SSSR count). The normalized spacial score (nSPS) is 13.2. The fourth-order valence-corrected chi connectivity index (χ4v) is 1.99. The summed E-state index contributed by atoms with van der Waals surface area (Å²) in [6.07, 6.45) is 0.600. The number of rotatable bonds is 8. The predicted molar refractivity (Wildman–Crippen MR) is 67.6 cm³/mol. The molecule has 0 radical (unpaired) electrons. The first kappa shape index (κ1) is 15.8. The van der Waals surface area contributed by atoms with E-state index in [1.165, 1.54) is 0 Å². The van der Waals surface area contributed by atoms with Crippen molar-refractivity contribution in [2.24, 2.45) is 0 Å². The quantitative estimate of drug-likeness (QED) is 0.404. The van der Waals surface area contributed by atoms with Gasteiger partial charge in [-0.05, 0) is 12.0 Å². The Hall–Kier alpha value is -1.24. The Morgan fingerprint density at radius 3 is 2.47 bits per heavy atom. The highest BCUT2D eigenvalue weighted by molar-refractivity contribution is 7.49. The molecular weight excluding hydrogens is 273 g/mol. The number of carboxylic acids is 1. The molecule has 0 aromatic heterocycles. The fourth-order valence-electron chi connectivity index (χ4n) is 1.40. The van der Waals surface area contributed by atoms with Crippen LogP contribution in [0.4, 0.5) is 0 Å². The first-order valence-corrected chi connectivity index (χ1v) is 7.17. The Morgan fingerprint density at radius 1 is 1.32 bits per heavy atom. The van der Waals surface area contributed by atoms with Crippen LogP contribution in [0.2, 0.25) is 0 Å². The molecule has 8 heteroatoms. The molecule has 1 aromatic carbocycles. The number of carbonyl (C=O) groups is 1. The van der Waals surface area contributed by atoms with Crippen molar-refractivity contribution in [2.45, 2.75) is 12.5 Å². The molecule has 0 aliphatic heterocycles. The lowest BCUT2D eigenvalue weighted by Gasteiger charge is -2.15. The van der Waals surface area contributed by atoms with Crippen LogP contribution in [0, 0.1) is 0 Å². The zero-order valence-corrected chi connectivity index (χ0v) is 11.0. The van der Waals surface area contributed by atoms with E-state index in [2.05, 4.69) is 0 Å². The standard InChI is InChI=1S/C11H16NO6P/c13-11(14)10(12-19(15,16)17)8-18-7-6-9-4-2-1-3-5-9/h1-5,10H,6-8H2,(H,13,14)(H3,12,15,16,17). The average molecular weight is 289 g/mol. The number of nitrogens with one attached hydrogen (secondary N) is 1. The molecule has 1 aromatic rings. The highest BCUT2D eigenvalue weighted by Crippen LogP contribution is 2.29. The first-order chi connectivity index (χ1) is 8.88. The lowest BCUT2D eigenvalue weighted by Crippen LogP contribution is -2.38. The SMILES string of the molecule is O=C(O)C(COCCc1ccccc1)NP(=O)(O)O. The summed E-state index contributed by atoms with van der Waals surface area (Å²) in [4.78, 5) is 28.1. The number of carboxylic acid groups (broad SMARTS) is 1. The van der Waals surface area contributed by atoms with Gasteiger partial charge in [0.25, 0.3) is 0 Å². The minimum atomic E-state index is -4.59. The van der Waals surface area contributed by atoms with Crippen LogP contribution in [0.25, 0.3) is 0 Å². The molecule has 0 aliphatic rings. The van der Waals surface area contributed by atoms with Gasteiger partial charge in [-0.2, -0.15) is 0 Å². The van der Waals surface area contributed by atoms with E-state index in [1.54, 1.807) is 5.09 Å². The molecule has 106 valence electrons. The maximum atomic E-state index is 10.8. The van der Waals surface area contributed by atoms with E-state index in [-0.39, 0.29) is 13.2 Å². The lowest BCUT2D eigenvalue weighted by atomic mass is 10.2. The van der Waals surface area contributed by atoms with Crippen molar-refractivity contribution in [1.29, 1.82) is 0 Å². The second kappa shape index (κ2) is 7.37. The number of hydrogen-bond acceptors (Lipinski definition) is 3. The number of benzene rings is 1. The fraction of sp³-hybridized carbons (Fsp3) is 0.364. The van der Waals surface area contributed by atoms with Crippen molar-refractivity contribution in [1.82, 2.24) is 5.09 Å². The Balaban J connectivity index is 2.33. The molecular formula is C11H16NO6P. The van der Waals surface area contributed by atoms with Gasteiger partial charge in [0.2, 0.25) is 0 Å². The van der Waals surface area contributed by atoms with Gasteiger partial charge in [-0.15, -0.1) is 0 Å². The molecule has 0 amide bonds. The van der Waals surface area contributed by atoms with E-state index >= 15 is 0 Å². The number of aliphatic carboxylic acids is 1. The summed E-state index contributed by atoms with van der Waals surface area (Å²) in [5.41, 5.74) is 1.04. The summed E-state index contributed by atoms with van der Waals surface area (Å²) < 4.78 is 15.8. The van der Waals surface area contributed by atoms with Crippen LogP contribution in [0.5, 0.6) is 0 Å². The van der Waals surface area contributed by atoms with Crippen LogP contribution in [-0.2, 0) is 20.5 Å². The summed E-state index contributed by atoms with van der Waals surface area (Å²) >= 11 is 0. The monoisotopic (exact) mass is 289 g/mol. The van der Waals surface area contributed by atoms with Crippen LogP contribution in [-0.4, -0.2) is 40.1 Å². The highest BCUT2D eigenvalue weighted by Gasteiger charge is 2.25. The molecule has 0 saturated carbocycles. The van der Waals surface area contributed by atoms with Crippen molar-refractivity contribution in [3.05, 3.63) is 35.9 Å². The van der Waals surface area contributed by atoms with Crippen molar-refractivity contribution in [3.63, 3.8) is 0 Å². The van der Waals surface area contributed by atoms with Crippen molar-refractivity contribution >= 4 is 13.7 Å². The van der Waals surface area contributed by atoms with Gasteiger partial charge in [0.15, 0.2) is 0 Å². The zero-order valence-electron chi connectivity index (χ0n) is 10.1. The highest BCUT2D eigenvalue weighted by atomic mass is 31.2. The van der Waals surface area contributed by atoms with Crippen LogP contribution in [0.15, 0.2) is 30.3 Å². The topological polar surface area (TPSA) is 116 Å². The molecule has 0 aliphatic carbocycles. The van der Waals surface area contributed by atoms with Crippen molar-refractivity contribution < 1.29 is 29.0 Å². The van der Waals surface area contributed by atoms with Crippen LogP contribution in [0.1, 0.15) is 5.56 Å². The largest absolute Gasteiger partial charge is 0.480 e. The Bertz CT molecular complexity index is 446. The Morgan fingerprint density at radius 2 is 1.95 bits per heavy atom. The second-order valence-electron chi connectivity index (χ2n) is 3.87. The third kappa shape index (κ3) is 7.05. The van der Waals surface area contributed by atoms with Gasteiger partial charge in [-0.3, -0.25) is 4.79 Å². The van der Waals surface area contributed by atoms with Gasteiger partial charge < -0.3 is 19.6 Å². The smallest absolute Gasteiger partial charge is 0.401 e. The maximum absolute atomic E-state index is 10.8. The van der Waals surface area contributed by atoms with Gasteiger partial charge in [-0.1, -0.05) is 30.3 Å². The molecule has 1 atom stereocenters. The summed E-state index contributed by atoms with van der Waals surface area (Å²) in [5, 5.41) is 10.5. The summed E-state index contributed by atoms with van der Waals surface area (Å²) in [6, 6.07) is 8.03. The average Bonchev–Trinajstić information content (AvgIpc) is 2.32. The van der Waals surface area contributed by atoms with Gasteiger partial charge in [0.1, 0.15) is 6.04 Å². The number of ether oxygens (including phenoxy) is 1. The van der Waals surface area contributed by atoms with Crippen LogP contribution >= 0.6 is 7.75 Å². The predicted octanol–water partition coefficient (Wildman–Crippen LogP) is 0.381. The molecule has 0 saturated heterocycles. The number of hydrogen-bond donors (Lipinski definition) is 4. The van der Waals surface area contributed by atoms with E-state index in [9.17, 15) is 9.36 Å². The molecule has 1 unspecified atom stereocenters. The van der Waals surface area contributed by atoms with E-state index in [0.29, 0.717) is 6.42 Å². The second-order valence-corrected chi connectivity index (χ2v) is 5.22. The molecule has 7 nitrogen and oxygen atoms in total. The van der Waals surface area contributed by atoms with Crippen LogP contribution in [0.3, 0.4) is 0 Å². The molecule has 4 N–H and O–H groups in total. The molecule has 0 heterocycles. The zero-order chi connectivity index (χ0) is 14.3. The molecule has 19 heavy (non-hydrogen) atoms. The van der Waals surface area contributed by atoms with Gasteiger partial charge in [0.05, 0.1) is 13.2 Å².